The van der Waals surface area contributed by atoms with Crippen LogP contribution in [0, 0.1) is 11.6 Å². The highest BCUT2D eigenvalue weighted by Crippen LogP contribution is 2.20. The first-order chi connectivity index (χ1) is 9.90. The van der Waals surface area contributed by atoms with Gasteiger partial charge in [-0.15, -0.1) is 0 Å². The molecule has 1 aliphatic heterocycles. The Hall–Kier alpha value is -1.33. The maximum absolute atomic E-state index is 13.7. The van der Waals surface area contributed by atoms with Crippen LogP contribution < -0.4 is 0 Å². The molecule has 116 valence electrons. The number of nitrogens with zero attached hydrogens (tertiary/aromatic N) is 2. The number of piperidine rings is 1. The van der Waals surface area contributed by atoms with E-state index in [-0.39, 0.29) is 17.4 Å². The van der Waals surface area contributed by atoms with Crippen molar-refractivity contribution in [3.63, 3.8) is 0 Å². The van der Waals surface area contributed by atoms with Gasteiger partial charge in [-0.25, -0.2) is 8.78 Å². The van der Waals surface area contributed by atoms with Crippen LogP contribution in [-0.4, -0.2) is 54.9 Å². The fraction of sp³-hybridized carbons (Fsp3) is 0.562. The number of carbonyl (C=O) groups is 1. The standard InChI is InChI=1S/C16H22F2N2O/c1-11(20-8-6-13(7-9-20)19(2)3)16(21)14-5-4-12(17)10-15(14)18/h4-5,10-11,13H,6-9H2,1-3H3. The third kappa shape index (κ3) is 3.66. The van der Waals surface area contributed by atoms with Gasteiger partial charge in [-0.3, -0.25) is 9.69 Å². The van der Waals surface area contributed by atoms with Crippen LogP contribution in [0.3, 0.4) is 0 Å². The third-order valence-corrected chi connectivity index (χ3v) is 4.35. The summed E-state index contributed by atoms with van der Waals surface area (Å²) in [6.45, 7) is 3.43. The van der Waals surface area contributed by atoms with Gasteiger partial charge in [-0.1, -0.05) is 0 Å². The smallest absolute Gasteiger partial charge is 0.182 e. The molecule has 21 heavy (non-hydrogen) atoms. The highest BCUT2D eigenvalue weighted by Gasteiger charge is 2.29. The molecule has 0 saturated carbocycles. The molecule has 0 radical (unpaired) electrons. The topological polar surface area (TPSA) is 23.6 Å². The van der Waals surface area contributed by atoms with Gasteiger partial charge in [0.2, 0.25) is 0 Å². The Labute approximate surface area is 124 Å². The number of Topliss-reactive ketones (excluding diaryl/α,β-unsaturated/α-hetero) is 1. The Kier molecular flexibility index (Phi) is 5.06. The lowest BCUT2D eigenvalue weighted by Crippen LogP contribution is -2.48. The minimum absolute atomic E-state index is 0.0290. The highest BCUT2D eigenvalue weighted by molar-refractivity contribution is 6.00. The quantitative estimate of drug-likeness (QED) is 0.798. The Bertz CT molecular complexity index is 511. The molecule has 5 heteroatoms. The molecule has 1 aromatic rings. The molecular weight excluding hydrogens is 274 g/mol. The van der Waals surface area contributed by atoms with Crippen molar-refractivity contribution in [1.29, 1.82) is 0 Å². The van der Waals surface area contributed by atoms with Crippen molar-refractivity contribution in [3.05, 3.63) is 35.4 Å². The van der Waals surface area contributed by atoms with Gasteiger partial charge in [0, 0.05) is 25.2 Å². The van der Waals surface area contributed by atoms with Crippen LogP contribution in [0.1, 0.15) is 30.1 Å². The van der Waals surface area contributed by atoms with Crippen molar-refractivity contribution < 1.29 is 13.6 Å². The molecule has 0 bridgehead atoms. The third-order valence-electron chi connectivity index (χ3n) is 4.35. The average Bonchev–Trinajstić information content (AvgIpc) is 2.46. The predicted octanol–water partition coefficient (Wildman–Crippen LogP) is 2.56. The Morgan fingerprint density at radius 3 is 2.43 bits per heavy atom. The second-order valence-corrected chi connectivity index (χ2v) is 5.90. The van der Waals surface area contributed by atoms with Crippen molar-refractivity contribution in [2.24, 2.45) is 0 Å². The van der Waals surface area contributed by atoms with E-state index in [2.05, 4.69) is 23.9 Å². The summed E-state index contributed by atoms with van der Waals surface area (Å²) in [7, 11) is 4.12. The van der Waals surface area contributed by atoms with E-state index in [4.69, 9.17) is 0 Å². The van der Waals surface area contributed by atoms with E-state index >= 15 is 0 Å². The summed E-state index contributed by atoms with van der Waals surface area (Å²) >= 11 is 0. The summed E-state index contributed by atoms with van der Waals surface area (Å²) in [4.78, 5) is 16.6. The normalized spacial score (nSPS) is 19.0. The summed E-state index contributed by atoms with van der Waals surface area (Å²) in [5, 5.41) is 0. The maximum Gasteiger partial charge on any atom is 0.182 e. The van der Waals surface area contributed by atoms with Crippen LogP contribution in [0.15, 0.2) is 18.2 Å². The van der Waals surface area contributed by atoms with Crippen LogP contribution in [0.5, 0.6) is 0 Å². The molecule has 0 aromatic heterocycles. The van der Waals surface area contributed by atoms with E-state index in [0.29, 0.717) is 6.04 Å². The lowest BCUT2D eigenvalue weighted by molar-refractivity contribution is 0.0732. The monoisotopic (exact) mass is 296 g/mol. The zero-order valence-corrected chi connectivity index (χ0v) is 12.8. The second kappa shape index (κ2) is 6.62. The Morgan fingerprint density at radius 2 is 1.90 bits per heavy atom. The highest BCUT2D eigenvalue weighted by atomic mass is 19.1. The summed E-state index contributed by atoms with van der Waals surface area (Å²) in [5.74, 6) is -1.73. The van der Waals surface area contributed by atoms with Crippen molar-refractivity contribution in [2.45, 2.75) is 31.8 Å². The van der Waals surface area contributed by atoms with Crippen molar-refractivity contribution >= 4 is 5.78 Å². The number of likely N-dealkylation sites (tertiary alicyclic amines) is 1. The van der Waals surface area contributed by atoms with Gasteiger partial charge >= 0.3 is 0 Å². The van der Waals surface area contributed by atoms with Gasteiger partial charge in [0.25, 0.3) is 0 Å². The minimum atomic E-state index is -0.782. The zero-order valence-electron chi connectivity index (χ0n) is 12.8. The molecule has 1 heterocycles. The lowest BCUT2D eigenvalue weighted by atomic mass is 9.98. The minimum Gasteiger partial charge on any atom is -0.306 e. The lowest BCUT2D eigenvalue weighted by Gasteiger charge is -2.37. The molecule has 0 aliphatic carbocycles. The molecular formula is C16H22F2N2O. The summed E-state index contributed by atoms with van der Waals surface area (Å²) < 4.78 is 26.6. The second-order valence-electron chi connectivity index (χ2n) is 5.90. The van der Waals surface area contributed by atoms with Gasteiger partial charge in [0.1, 0.15) is 11.6 Å². The molecule has 1 saturated heterocycles. The maximum atomic E-state index is 13.7. The number of rotatable bonds is 4. The molecule has 1 unspecified atom stereocenters. The van der Waals surface area contributed by atoms with Gasteiger partial charge in [0.05, 0.1) is 11.6 Å². The molecule has 1 fully saturated rings. The number of hydrogen-bond donors (Lipinski definition) is 0. The number of carbonyl (C=O) groups excluding carboxylic acids is 1. The summed E-state index contributed by atoms with van der Waals surface area (Å²) in [5.41, 5.74) is -0.0290. The van der Waals surface area contributed by atoms with Crippen LogP contribution in [-0.2, 0) is 0 Å². The largest absolute Gasteiger partial charge is 0.306 e. The van der Waals surface area contributed by atoms with Crippen LogP contribution in [0.2, 0.25) is 0 Å². The summed E-state index contributed by atoms with van der Waals surface area (Å²) in [6, 6.07) is 3.27. The molecule has 3 nitrogen and oxygen atoms in total. The van der Waals surface area contributed by atoms with E-state index in [9.17, 15) is 13.6 Å². The van der Waals surface area contributed by atoms with Crippen LogP contribution in [0.4, 0.5) is 8.78 Å². The fourth-order valence-electron chi connectivity index (χ4n) is 2.87. The molecule has 1 aliphatic rings. The number of ketones is 1. The molecule has 0 spiro atoms. The molecule has 0 amide bonds. The van der Waals surface area contributed by atoms with E-state index in [0.717, 1.165) is 38.1 Å². The van der Waals surface area contributed by atoms with Gasteiger partial charge in [-0.05, 0) is 46.0 Å². The number of hydrogen-bond acceptors (Lipinski definition) is 3. The average molecular weight is 296 g/mol. The zero-order chi connectivity index (χ0) is 15.6. The first kappa shape index (κ1) is 16.0. The van der Waals surface area contributed by atoms with Crippen molar-refractivity contribution in [1.82, 2.24) is 9.80 Å². The number of halogens is 2. The van der Waals surface area contributed by atoms with E-state index < -0.39 is 11.6 Å². The van der Waals surface area contributed by atoms with Crippen LogP contribution >= 0.6 is 0 Å². The molecule has 0 N–H and O–H groups in total. The van der Waals surface area contributed by atoms with Crippen LogP contribution in [0.25, 0.3) is 0 Å². The van der Waals surface area contributed by atoms with E-state index in [1.165, 1.54) is 6.07 Å². The van der Waals surface area contributed by atoms with Gasteiger partial charge < -0.3 is 4.90 Å². The first-order valence-corrected chi connectivity index (χ1v) is 7.30. The van der Waals surface area contributed by atoms with Crippen molar-refractivity contribution in [2.75, 3.05) is 27.2 Å². The fourth-order valence-corrected chi connectivity index (χ4v) is 2.87. The Morgan fingerprint density at radius 1 is 1.29 bits per heavy atom. The number of benzene rings is 1. The summed E-state index contributed by atoms with van der Waals surface area (Å²) in [6.07, 6.45) is 1.99. The molecule has 1 atom stereocenters. The molecule has 2 rings (SSSR count). The van der Waals surface area contributed by atoms with Gasteiger partial charge in [-0.2, -0.15) is 0 Å². The van der Waals surface area contributed by atoms with Gasteiger partial charge in [0.15, 0.2) is 5.78 Å². The van der Waals surface area contributed by atoms with E-state index in [1.807, 2.05) is 0 Å². The van der Waals surface area contributed by atoms with E-state index in [1.54, 1.807) is 6.92 Å². The SMILES string of the molecule is CC(C(=O)c1ccc(F)cc1F)N1CCC(N(C)C)CC1. The first-order valence-electron chi connectivity index (χ1n) is 7.30. The van der Waals surface area contributed by atoms with Crippen molar-refractivity contribution in [3.8, 4) is 0 Å². The molecule has 1 aromatic carbocycles. The Balaban J connectivity index is 2.03. The predicted molar refractivity (Wildman–Crippen MR) is 78.4 cm³/mol.